The van der Waals surface area contributed by atoms with Crippen molar-refractivity contribution in [3.63, 3.8) is 0 Å². The zero-order valence-electron chi connectivity index (χ0n) is 41.7. The molecule has 0 aliphatic rings. The molecule has 0 aromatic carbocycles. The van der Waals surface area contributed by atoms with Gasteiger partial charge in [-0.05, 0) is 89.9 Å². The van der Waals surface area contributed by atoms with E-state index in [1.54, 1.807) is 0 Å². The highest BCUT2D eigenvalue weighted by atomic mass is 16.5. The molecule has 0 fully saturated rings. The summed E-state index contributed by atoms with van der Waals surface area (Å²) in [5.41, 5.74) is 0. The van der Waals surface area contributed by atoms with E-state index in [1.807, 2.05) is 0 Å². The lowest BCUT2D eigenvalue weighted by atomic mass is 10.0. The summed E-state index contributed by atoms with van der Waals surface area (Å²) in [4.78, 5) is 26.2. The van der Waals surface area contributed by atoms with Crippen LogP contribution in [0.25, 0.3) is 0 Å². The Morgan fingerprint density at radius 1 is 0.460 bits per heavy atom. The molecule has 0 aromatic rings. The van der Waals surface area contributed by atoms with Crippen molar-refractivity contribution >= 4 is 11.9 Å². The first-order chi connectivity index (χ1) is 31.0. The van der Waals surface area contributed by atoms with E-state index in [2.05, 4.69) is 86.8 Å². The number of allylic oxidation sites excluding steroid dienone is 10. The van der Waals surface area contributed by atoms with Crippen molar-refractivity contribution in [3.8, 4) is 0 Å². The monoisotopic (exact) mass is 882 g/mol. The second-order valence-electron chi connectivity index (χ2n) is 18.3. The topological polar surface area (TPSA) is 95.9 Å². The molecular weight excluding hydrogens is 779 g/mol. The first-order valence-corrected chi connectivity index (χ1v) is 27.0. The second-order valence-corrected chi connectivity index (χ2v) is 18.3. The number of amides is 1. The molecule has 3 unspecified atom stereocenters. The molecule has 0 aliphatic heterocycles. The Morgan fingerprint density at radius 2 is 0.810 bits per heavy atom. The molecule has 0 rings (SSSR count). The van der Waals surface area contributed by atoms with Crippen LogP contribution in [-0.2, 0) is 14.3 Å². The van der Waals surface area contributed by atoms with E-state index in [-0.39, 0.29) is 24.9 Å². The highest BCUT2D eigenvalue weighted by Crippen LogP contribution is 2.17. The Bertz CT molecular complexity index is 1130. The Hall–Kier alpha value is -2.44. The summed E-state index contributed by atoms with van der Waals surface area (Å²) < 4.78 is 5.92. The zero-order chi connectivity index (χ0) is 45.9. The fraction of sp³-hybridized carbons (Fsp3) is 0.789. The third kappa shape index (κ3) is 45.9. The Balaban J connectivity index is 4.67. The molecule has 3 atom stereocenters. The molecule has 6 heteroatoms. The first kappa shape index (κ1) is 60.6. The van der Waals surface area contributed by atoms with Gasteiger partial charge >= 0.3 is 5.97 Å². The maximum atomic E-state index is 13.2. The zero-order valence-corrected chi connectivity index (χ0v) is 41.7. The fourth-order valence-electron chi connectivity index (χ4n) is 7.95. The largest absolute Gasteiger partial charge is 0.462 e. The average Bonchev–Trinajstić information content (AvgIpc) is 3.28. The van der Waals surface area contributed by atoms with Gasteiger partial charge < -0.3 is 20.3 Å². The highest BCUT2D eigenvalue weighted by Gasteiger charge is 2.24. The first-order valence-electron chi connectivity index (χ1n) is 27.0. The minimum atomic E-state index is -0.798. The van der Waals surface area contributed by atoms with Crippen LogP contribution in [0.1, 0.15) is 265 Å². The van der Waals surface area contributed by atoms with Gasteiger partial charge in [0.05, 0.1) is 25.2 Å². The number of ether oxygens (including phenoxy) is 1. The summed E-state index contributed by atoms with van der Waals surface area (Å²) in [6.07, 6.45) is 62.8. The third-order valence-electron chi connectivity index (χ3n) is 12.1. The average molecular weight is 882 g/mol. The summed E-state index contributed by atoms with van der Waals surface area (Å²) in [6, 6.07) is -0.714. The molecule has 0 spiro atoms. The standard InChI is InChI=1S/C57H103NO5/c1-4-7-10-13-16-19-22-24-26-28-30-32-34-36-39-42-45-48-53(51-56(61)58-54(52-59)55(60)49-46-43-40-37-21-18-15-12-9-6-3)63-57(62)50-47-44-41-38-35-33-31-29-27-25-23-20-17-14-11-8-5-2/h17,20,24-27,31,33,38,41,53-55,59-60H,4-16,18-19,21-23,28-30,32,34-37,39-40,42-52H2,1-3H3,(H,58,61)/b20-17-,26-24+,27-25-,33-31-,41-38-. The number of aliphatic hydroxyl groups excluding tert-OH is 2. The summed E-state index contributed by atoms with van der Waals surface area (Å²) in [5.74, 6) is -0.541. The van der Waals surface area contributed by atoms with Crippen LogP contribution in [0.2, 0.25) is 0 Å². The normalized spacial score (nSPS) is 13.7. The van der Waals surface area contributed by atoms with Crippen molar-refractivity contribution in [2.75, 3.05) is 6.61 Å². The summed E-state index contributed by atoms with van der Waals surface area (Å²) in [7, 11) is 0. The van der Waals surface area contributed by atoms with Gasteiger partial charge in [0, 0.05) is 6.42 Å². The third-order valence-corrected chi connectivity index (χ3v) is 12.1. The summed E-state index contributed by atoms with van der Waals surface area (Å²) >= 11 is 0. The quantitative estimate of drug-likeness (QED) is 0.0321. The number of nitrogens with one attached hydrogen (secondary N) is 1. The molecule has 366 valence electrons. The van der Waals surface area contributed by atoms with Gasteiger partial charge in [-0.1, -0.05) is 223 Å². The minimum Gasteiger partial charge on any atom is -0.462 e. The lowest BCUT2D eigenvalue weighted by Crippen LogP contribution is -2.46. The molecule has 6 nitrogen and oxygen atoms in total. The predicted octanol–water partition coefficient (Wildman–Crippen LogP) is 16.4. The van der Waals surface area contributed by atoms with Crippen LogP contribution < -0.4 is 5.32 Å². The van der Waals surface area contributed by atoms with Crippen molar-refractivity contribution in [1.82, 2.24) is 5.32 Å². The molecule has 0 saturated carbocycles. The number of esters is 1. The summed E-state index contributed by atoms with van der Waals surface area (Å²) in [6.45, 7) is 6.43. The van der Waals surface area contributed by atoms with Crippen LogP contribution >= 0.6 is 0 Å². The molecule has 63 heavy (non-hydrogen) atoms. The van der Waals surface area contributed by atoms with Gasteiger partial charge in [-0.3, -0.25) is 9.59 Å². The van der Waals surface area contributed by atoms with Gasteiger partial charge in [0.1, 0.15) is 6.10 Å². The number of rotatable bonds is 48. The lowest BCUT2D eigenvalue weighted by Gasteiger charge is -2.24. The van der Waals surface area contributed by atoms with Crippen LogP contribution in [0, 0.1) is 0 Å². The Labute approximate surface area is 390 Å². The molecule has 0 aliphatic carbocycles. The van der Waals surface area contributed by atoms with E-state index in [1.165, 1.54) is 148 Å². The maximum Gasteiger partial charge on any atom is 0.306 e. The smallest absolute Gasteiger partial charge is 0.306 e. The minimum absolute atomic E-state index is 0.0523. The molecule has 0 radical (unpaired) electrons. The van der Waals surface area contributed by atoms with Crippen LogP contribution in [0.3, 0.4) is 0 Å². The SMILES string of the molecule is CCCCC/C=C\C/C=C\C/C=C\C/C=C\CCCC(=O)OC(CCCCCCCCC/C=C/CCCCCCCC)CC(=O)NC(CO)C(O)CCCCCCCCCCCC. The highest BCUT2D eigenvalue weighted by molar-refractivity contribution is 5.77. The van der Waals surface area contributed by atoms with Crippen molar-refractivity contribution in [3.05, 3.63) is 60.8 Å². The van der Waals surface area contributed by atoms with Gasteiger partial charge in [0.25, 0.3) is 0 Å². The maximum absolute atomic E-state index is 13.2. The van der Waals surface area contributed by atoms with E-state index in [0.29, 0.717) is 25.7 Å². The predicted molar refractivity (Wildman–Crippen MR) is 273 cm³/mol. The van der Waals surface area contributed by atoms with Crippen LogP contribution in [0.4, 0.5) is 0 Å². The number of aliphatic hydroxyl groups is 2. The number of unbranched alkanes of at least 4 members (excludes halogenated alkanes) is 26. The Morgan fingerprint density at radius 3 is 1.27 bits per heavy atom. The van der Waals surface area contributed by atoms with Crippen molar-refractivity contribution in [2.24, 2.45) is 0 Å². The fourth-order valence-corrected chi connectivity index (χ4v) is 7.95. The van der Waals surface area contributed by atoms with Gasteiger partial charge in [0.2, 0.25) is 5.91 Å². The molecule has 0 bridgehead atoms. The molecule has 1 amide bonds. The van der Waals surface area contributed by atoms with E-state index >= 15 is 0 Å². The van der Waals surface area contributed by atoms with Gasteiger partial charge in [-0.15, -0.1) is 0 Å². The van der Waals surface area contributed by atoms with Crippen LogP contribution in [0.5, 0.6) is 0 Å². The van der Waals surface area contributed by atoms with Gasteiger partial charge in [-0.2, -0.15) is 0 Å². The van der Waals surface area contributed by atoms with Crippen molar-refractivity contribution in [2.45, 2.75) is 283 Å². The molecule has 0 heterocycles. The number of hydrogen-bond acceptors (Lipinski definition) is 5. The van der Waals surface area contributed by atoms with E-state index in [9.17, 15) is 19.8 Å². The van der Waals surface area contributed by atoms with E-state index < -0.39 is 18.2 Å². The molecule has 3 N–H and O–H groups in total. The van der Waals surface area contributed by atoms with Gasteiger partial charge in [-0.25, -0.2) is 0 Å². The molecular formula is C57H103NO5. The molecule has 0 aromatic heterocycles. The van der Waals surface area contributed by atoms with Crippen LogP contribution in [-0.4, -0.2) is 46.9 Å². The van der Waals surface area contributed by atoms with Crippen molar-refractivity contribution < 1.29 is 24.5 Å². The lowest BCUT2D eigenvalue weighted by molar-refractivity contribution is -0.151. The second kappa shape index (κ2) is 50.6. The van der Waals surface area contributed by atoms with Crippen LogP contribution in [0.15, 0.2) is 60.8 Å². The molecule has 0 saturated heterocycles. The number of carbonyl (C=O) groups excluding carboxylic acids is 2. The number of hydrogen-bond donors (Lipinski definition) is 3. The van der Waals surface area contributed by atoms with E-state index in [0.717, 1.165) is 64.2 Å². The summed E-state index contributed by atoms with van der Waals surface area (Å²) in [5, 5.41) is 23.7. The Kier molecular flexibility index (Phi) is 48.6. The van der Waals surface area contributed by atoms with Gasteiger partial charge in [0.15, 0.2) is 0 Å². The van der Waals surface area contributed by atoms with Crippen molar-refractivity contribution in [1.29, 1.82) is 0 Å². The number of carbonyl (C=O) groups is 2. The van der Waals surface area contributed by atoms with E-state index in [4.69, 9.17) is 4.74 Å².